The van der Waals surface area contributed by atoms with Gasteiger partial charge in [0.1, 0.15) is 5.76 Å². The van der Waals surface area contributed by atoms with Gasteiger partial charge in [0.05, 0.1) is 29.9 Å². The zero-order chi connectivity index (χ0) is 19.9. The maximum atomic E-state index is 13.5. The fraction of sp³-hybridized carbons (Fsp3) is 0.350. The Hall–Kier alpha value is -2.09. The Morgan fingerprint density at radius 3 is 2.82 bits per heavy atom. The van der Waals surface area contributed by atoms with Crippen molar-refractivity contribution < 1.29 is 12.8 Å². The van der Waals surface area contributed by atoms with Crippen LogP contribution in [0.3, 0.4) is 0 Å². The van der Waals surface area contributed by atoms with E-state index in [0.29, 0.717) is 16.3 Å². The minimum absolute atomic E-state index is 0.132. The van der Waals surface area contributed by atoms with Gasteiger partial charge in [0.15, 0.2) is 0 Å². The molecule has 0 N–H and O–H groups in total. The molecule has 0 spiro atoms. The van der Waals surface area contributed by atoms with Crippen LogP contribution >= 0.6 is 11.6 Å². The van der Waals surface area contributed by atoms with Gasteiger partial charge in [0.25, 0.3) is 0 Å². The molecule has 0 bridgehead atoms. The average molecular weight is 420 g/mol. The fourth-order valence-electron chi connectivity index (χ4n) is 3.78. The summed E-state index contributed by atoms with van der Waals surface area (Å²) in [6.45, 7) is 2.09. The molecule has 148 valence electrons. The number of benzene rings is 1. The van der Waals surface area contributed by atoms with Crippen molar-refractivity contribution in [2.24, 2.45) is 7.05 Å². The van der Waals surface area contributed by atoms with Crippen LogP contribution in [0.1, 0.15) is 34.7 Å². The number of furan rings is 1. The smallest absolute Gasteiger partial charge is 0.244 e. The van der Waals surface area contributed by atoms with E-state index in [2.05, 4.69) is 5.10 Å². The van der Waals surface area contributed by atoms with Crippen LogP contribution < -0.4 is 0 Å². The summed E-state index contributed by atoms with van der Waals surface area (Å²) < 4.78 is 35.8. The van der Waals surface area contributed by atoms with Crippen LogP contribution in [0.4, 0.5) is 0 Å². The molecule has 1 aliphatic rings. The lowest BCUT2D eigenvalue weighted by atomic mass is 10.2. The first-order chi connectivity index (χ1) is 13.4. The second-order valence-corrected chi connectivity index (χ2v) is 9.45. The van der Waals surface area contributed by atoms with Gasteiger partial charge in [-0.1, -0.05) is 17.7 Å². The van der Waals surface area contributed by atoms with Crippen molar-refractivity contribution in [1.29, 1.82) is 0 Å². The summed E-state index contributed by atoms with van der Waals surface area (Å²) >= 11 is 6.09. The predicted octanol–water partition coefficient (Wildman–Crippen LogP) is 3.85. The molecule has 2 heterocycles. The molecule has 0 radical (unpaired) electrons. The number of rotatable bonds is 6. The third kappa shape index (κ3) is 3.50. The molecule has 0 unspecified atom stereocenters. The van der Waals surface area contributed by atoms with Crippen LogP contribution in [-0.2, 0) is 43.0 Å². The molecule has 0 aliphatic heterocycles. The molecular formula is C20H22ClN3O3S. The van der Waals surface area contributed by atoms with E-state index in [0.717, 1.165) is 25.0 Å². The van der Waals surface area contributed by atoms with E-state index < -0.39 is 10.0 Å². The number of fused-ring (bicyclic) bond motifs is 1. The lowest BCUT2D eigenvalue weighted by Gasteiger charge is -2.22. The second-order valence-electron chi connectivity index (χ2n) is 7.11. The van der Waals surface area contributed by atoms with Crippen molar-refractivity contribution in [2.75, 3.05) is 0 Å². The molecule has 0 saturated heterocycles. The third-order valence-corrected chi connectivity index (χ3v) is 7.37. The molecule has 2 aromatic heterocycles. The molecule has 8 heteroatoms. The van der Waals surface area contributed by atoms with Gasteiger partial charge in [-0.3, -0.25) is 4.68 Å². The Kier molecular flexibility index (Phi) is 5.07. The topological polar surface area (TPSA) is 68.3 Å². The van der Waals surface area contributed by atoms with Gasteiger partial charge in [-0.25, -0.2) is 8.42 Å². The molecule has 3 aromatic rings. The Balaban J connectivity index is 1.75. The van der Waals surface area contributed by atoms with E-state index in [-0.39, 0.29) is 18.0 Å². The lowest BCUT2D eigenvalue weighted by Crippen LogP contribution is -2.31. The highest BCUT2D eigenvalue weighted by atomic mass is 35.5. The highest BCUT2D eigenvalue weighted by Crippen LogP contribution is 2.30. The van der Waals surface area contributed by atoms with Gasteiger partial charge in [0, 0.05) is 17.8 Å². The van der Waals surface area contributed by atoms with Crippen molar-refractivity contribution in [3.8, 4) is 0 Å². The standard InChI is InChI=1S/C20H22ClN3O3S/c1-14-8-9-15(21)11-20(14)28(25,26)24(12-16-5-4-10-27-16)13-18-17-6-3-7-19(17)23(2)22-18/h4-5,8-11H,3,6-7,12-13H2,1-2H3. The molecule has 1 aromatic carbocycles. The monoisotopic (exact) mass is 419 g/mol. The summed E-state index contributed by atoms with van der Waals surface area (Å²) in [5.41, 5.74) is 3.83. The Morgan fingerprint density at radius 2 is 2.07 bits per heavy atom. The summed E-state index contributed by atoms with van der Waals surface area (Å²) in [4.78, 5) is 0.208. The van der Waals surface area contributed by atoms with Crippen molar-refractivity contribution in [2.45, 2.75) is 44.2 Å². The number of aromatic nitrogens is 2. The van der Waals surface area contributed by atoms with E-state index in [1.807, 2.05) is 11.7 Å². The Bertz CT molecular complexity index is 1100. The van der Waals surface area contributed by atoms with Crippen molar-refractivity contribution in [1.82, 2.24) is 14.1 Å². The fourth-order valence-corrected chi connectivity index (χ4v) is 5.64. The zero-order valence-corrected chi connectivity index (χ0v) is 17.4. The average Bonchev–Trinajstić information content (AvgIpc) is 3.37. The largest absolute Gasteiger partial charge is 0.468 e. The number of sulfonamides is 1. The van der Waals surface area contributed by atoms with Gasteiger partial charge in [-0.05, 0) is 61.6 Å². The minimum atomic E-state index is -3.80. The Morgan fingerprint density at radius 1 is 1.25 bits per heavy atom. The van der Waals surface area contributed by atoms with Crippen LogP contribution in [0.25, 0.3) is 0 Å². The summed E-state index contributed by atoms with van der Waals surface area (Å²) in [6, 6.07) is 8.45. The number of hydrogen-bond donors (Lipinski definition) is 0. The maximum Gasteiger partial charge on any atom is 0.244 e. The van der Waals surface area contributed by atoms with E-state index in [9.17, 15) is 8.42 Å². The van der Waals surface area contributed by atoms with Gasteiger partial charge >= 0.3 is 0 Å². The first-order valence-electron chi connectivity index (χ1n) is 9.18. The molecule has 6 nitrogen and oxygen atoms in total. The van der Waals surface area contributed by atoms with Gasteiger partial charge in [-0.15, -0.1) is 0 Å². The van der Waals surface area contributed by atoms with Crippen LogP contribution in [0.2, 0.25) is 5.02 Å². The molecule has 0 amide bonds. The summed E-state index contributed by atoms with van der Waals surface area (Å²) in [6.07, 6.45) is 4.54. The summed E-state index contributed by atoms with van der Waals surface area (Å²) in [5.74, 6) is 0.579. The van der Waals surface area contributed by atoms with E-state index in [1.165, 1.54) is 21.6 Å². The van der Waals surface area contributed by atoms with Crippen LogP contribution in [0.15, 0.2) is 45.9 Å². The molecule has 0 fully saturated rings. The maximum absolute atomic E-state index is 13.5. The van der Waals surface area contributed by atoms with E-state index in [1.54, 1.807) is 37.5 Å². The van der Waals surface area contributed by atoms with Crippen molar-refractivity contribution in [3.05, 3.63) is 69.9 Å². The van der Waals surface area contributed by atoms with Crippen LogP contribution in [-0.4, -0.2) is 22.5 Å². The highest BCUT2D eigenvalue weighted by molar-refractivity contribution is 7.89. The summed E-state index contributed by atoms with van der Waals surface area (Å²) in [7, 11) is -1.88. The zero-order valence-electron chi connectivity index (χ0n) is 15.9. The van der Waals surface area contributed by atoms with Crippen molar-refractivity contribution >= 4 is 21.6 Å². The quantitative estimate of drug-likeness (QED) is 0.608. The molecular weight excluding hydrogens is 398 g/mol. The number of halogens is 1. The second kappa shape index (κ2) is 7.39. The molecule has 4 rings (SSSR count). The van der Waals surface area contributed by atoms with Crippen LogP contribution in [0.5, 0.6) is 0 Å². The number of hydrogen-bond acceptors (Lipinski definition) is 4. The van der Waals surface area contributed by atoms with Gasteiger partial charge in [-0.2, -0.15) is 9.40 Å². The number of aryl methyl sites for hydroxylation is 2. The first kappa shape index (κ1) is 19.2. The van der Waals surface area contributed by atoms with E-state index >= 15 is 0 Å². The highest BCUT2D eigenvalue weighted by Gasteiger charge is 2.30. The molecule has 0 atom stereocenters. The summed E-state index contributed by atoms with van der Waals surface area (Å²) in [5, 5.41) is 4.99. The molecule has 28 heavy (non-hydrogen) atoms. The third-order valence-electron chi connectivity index (χ3n) is 5.20. The minimum Gasteiger partial charge on any atom is -0.468 e. The van der Waals surface area contributed by atoms with Crippen LogP contribution in [0, 0.1) is 6.92 Å². The number of nitrogens with zero attached hydrogens (tertiary/aromatic N) is 3. The van der Waals surface area contributed by atoms with Crippen molar-refractivity contribution in [3.63, 3.8) is 0 Å². The first-order valence-corrected chi connectivity index (χ1v) is 11.0. The molecule has 0 saturated carbocycles. The SMILES string of the molecule is Cc1ccc(Cl)cc1S(=O)(=O)N(Cc1ccco1)Cc1nn(C)c2c1CCC2. The van der Waals surface area contributed by atoms with E-state index in [4.69, 9.17) is 16.0 Å². The molecule has 1 aliphatic carbocycles. The lowest BCUT2D eigenvalue weighted by molar-refractivity contribution is 0.353. The van der Waals surface area contributed by atoms with Gasteiger partial charge < -0.3 is 4.42 Å². The predicted molar refractivity (Wildman–Crippen MR) is 107 cm³/mol. The Labute approximate surface area is 169 Å². The van der Waals surface area contributed by atoms with Gasteiger partial charge in [0.2, 0.25) is 10.0 Å². The normalized spacial score (nSPS) is 14.0.